The molecule has 0 radical (unpaired) electrons. The van der Waals surface area contributed by atoms with Crippen molar-refractivity contribution in [1.82, 2.24) is 35.9 Å². The molecule has 2 heterocycles. The Bertz CT molecular complexity index is 1330. The maximum atomic E-state index is 12.8. The molecule has 3 rings (SSSR count). The van der Waals surface area contributed by atoms with E-state index in [1.165, 1.54) is 6.20 Å². The first-order chi connectivity index (χ1) is 20.3. The van der Waals surface area contributed by atoms with Crippen LogP contribution in [0.5, 0.6) is 0 Å². The molecule has 0 aliphatic rings. The van der Waals surface area contributed by atoms with Crippen molar-refractivity contribution in [1.29, 1.82) is 0 Å². The van der Waals surface area contributed by atoms with Crippen LogP contribution in [-0.2, 0) is 16.1 Å². The normalized spacial score (nSPS) is 10.7. The van der Waals surface area contributed by atoms with Gasteiger partial charge in [0, 0.05) is 30.8 Å². The molecule has 3 amide bonds. The van der Waals surface area contributed by atoms with E-state index in [1.807, 2.05) is 41.5 Å². The maximum absolute atomic E-state index is 12.8. The van der Waals surface area contributed by atoms with E-state index < -0.39 is 17.5 Å². The smallest absolute Gasteiger partial charge is 0.280 e. The van der Waals surface area contributed by atoms with Crippen molar-refractivity contribution in [3.63, 3.8) is 0 Å². The molecular formula is C29H45N9O4. The van der Waals surface area contributed by atoms with Crippen LogP contribution in [0.2, 0.25) is 0 Å². The van der Waals surface area contributed by atoms with Crippen LogP contribution in [0.4, 0.5) is 11.6 Å². The Kier molecular flexibility index (Phi) is 16.5. The molecule has 230 valence electrons. The van der Waals surface area contributed by atoms with Gasteiger partial charge in [0.25, 0.3) is 11.5 Å². The van der Waals surface area contributed by atoms with E-state index >= 15 is 0 Å². The summed E-state index contributed by atoms with van der Waals surface area (Å²) in [7, 11) is 0. The third-order valence-corrected chi connectivity index (χ3v) is 5.51. The zero-order valence-electron chi connectivity index (χ0n) is 25.5. The van der Waals surface area contributed by atoms with Crippen molar-refractivity contribution in [3.8, 4) is 0 Å². The monoisotopic (exact) mass is 583 g/mol. The molecule has 7 N–H and O–H groups in total. The number of benzene rings is 1. The van der Waals surface area contributed by atoms with Crippen LogP contribution >= 0.6 is 0 Å². The van der Waals surface area contributed by atoms with Crippen LogP contribution in [0, 0.1) is 0 Å². The Morgan fingerprint density at radius 3 is 2.24 bits per heavy atom. The van der Waals surface area contributed by atoms with Crippen molar-refractivity contribution in [2.45, 2.75) is 79.8 Å². The second kappa shape index (κ2) is 19.5. The summed E-state index contributed by atoms with van der Waals surface area (Å²) in [5, 5.41) is 11.4. The van der Waals surface area contributed by atoms with Gasteiger partial charge >= 0.3 is 0 Å². The van der Waals surface area contributed by atoms with Crippen molar-refractivity contribution in [3.05, 3.63) is 52.1 Å². The first kappa shape index (κ1) is 35.5. The minimum Gasteiger partial charge on any atom is -0.379 e. The molecule has 0 bridgehead atoms. The van der Waals surface area contributed by atoms with Crippen molar-refractivity contribution in [2.24, 2.45) is 0 Å². The summed E-state index contributed by atoms with van der Waals surface area (Å²) in [6.45, 7) is 13.2. The predicted molar refractivity (Wildman–Crippen MR) is 166 cm³/mol. The lowest BCUT2D eigenvalue weighted by atomic mass is 10.1. The van der Waals surface area contributed by atoms with Gasteiger partial charge in [-0.15, -0.1) is 0 Å². The average Bonchev–Trinajstić information content (AvgIpc) is 3.01. The molecule has 0 saturated carbocycles. The number of aromatic nitrogens is 4. The molecule has 1 aromatic carbocycles. The summed E-state index contributed by atoms with van der Waals surface area (Å²) in [4.78, 5) is 64.2. The summed E-state index contributed by atoms with van der Waals surface area (Å²) in [5.41, 5.74) is 6.88. The number of aromatic amines is 1. The first-order valence-corrected chi connectivity index (χ1v) is 14.5. The molecule has 1 unspecified atom stereocenters. The van der Waals surface area contributed by atoms with Crippen LogP contribution in [0.3, 0.4) is 0 Å². The van der Waals surface area contributed by atoms with E-state index in [2.05, 4.69) is 41.2 Å². The standard InChI is InChI=1S/C25H33N9O4.2C2H6/c1-3-11-27-19(35)10-9-18(23(37)28-12-4-2)32-22(36)15-5-7-16(8-6-15)29-13-17-14-30-21-20(31-17)24(38)34-25(26)33-21;2*1-2/h5-8,14,18,29H,3-4,9-13H2,1-2H3,(H,27,35)(H,28,37)(H,32,36)(H3,26,30,33,34,38);2*1-2H3. The van der Waals surface area contributed by atoms with Crippen LogP contribution in [0.1, 0.15) is 83.3 Å². The van der Waals surface area contributed by atoms with Gasteiger partial charge in [-0.1, -0.05) is 41.5 Å². The van der Waals surface area contributed by atoms with E-state index in [4.69, 9.17) is 5.73 Å². The number of nitrogen functional groups attached to an aromatic ring is 1. The summed E-state index contributed by atoms with van der Waals surface area (Å²) in [5.74, 6) is -0.938. The van der Waals surface area contributed by atoms with E-state index in [-0.39, 0.29) is 48.3 Å². The lowest BCUT2D eigenvalue weighted by Gasteiger charge is -2.18. The highest BCUT2D eigenvalue weighted by atomic mass is 16.2. The second-order valence-corrected chi connectivity index (χ2v) is 8.62. The van der Waals surface area contributed by atoms with Gasteiger partial charge in [0.15, 0.2) is 11.2 Å². The van der Waals surface area contributed by atoms with Gasteiger partial charge in [-0.25, -0.2) is 9.97 Å². The Hall–Kier alpha value is -4.55. The molecule has 0 aliphatic heterocycles. The Labute approximate surface area is 246 Å². The molecule has 1 atom stereocenters. The highest BCUT2D eigenvalue weighted by Gasteiger charge is 2.22. The number of carbonyl (C=O) groups is 3. The number of carbonyl (C=O) groups excluding carboxylic acids is 3. The Balaban J connectivity index is 0.00000211. The predicted octanol–water partition coefficient (Wildman–Crippen LogP) is 2.89. The topological polar surface area (TPSA) is 197 Å². The number of nitrogens with one attached hydrogen (secondary N) is 5. The fourth-order valence-corrected chi connectivity index (χ4v) is 3.50. The van der Waals surface area contributed by atoms with Gasteiger partial charge in [-0.3, -0.25) is 24.2 Å². The number of amides is 3. The van der Waals surface area contributed by atoms with Gasteiger partial charge in [0.05, 0.1) is 18.4 Å². The number of H-pyrrole nitrogens is 1. The molecule has 0 aliphatic carbocycles. The third kappa shape index (κ3) is 11.5. The van der Waals surface area contributed by atoms with Crippen molar-refractivity contribution in [2.75, 3.05) is 24.1 Å². The quantitative estimate of drug-likeness (QED) is 0.175. The molecular weight excluding hydrogens is 538 g/mol. The van der Waals surface area contributed by atoms with Crippen molar-refractivity contribution < 1.29 is 14.4 Å². The van der Waals surface area contributed by atoms with E-state index in [0.29, 0.717) is 30.0 Å². The van der Waals surface area contributed by atoms with Crippen molar-refractivity contribution >= 4 is 40.5 Å². The fraction of sp³-hybridized carbons (Fsp3) is 0.483. The van der Waals surface area contributed by atoms with Crippen LogP contribution in [-0.4, -0.2) is 56.8 Å². The maximum Gasteiger partial charge on any atom is 0.280 e. The minimum absolute atomic E-state index is 0.0304. The number of rotatable bonds is 13. The van der Waals surface area contributed by atoms with Gasteiger partial charge in [-0.2, -0.15) is 4.98 Å². The number of hydrogen-bond acceptors (Lipinski definition) is 9. The van der Waals surface area contributed by atoms with Gasteiger partial charge in [0.1, 0.15) is 6.04 Å². The zero-order valence-corrected chi connectivity index (χ0v) is 25.5. The highest BCUT2D eigenvalue weighted by Crippen LogP contribution is 2.12. The summed E-state index contributed by atoms with van der Waals surface area (Å²) >= 11 is 0. The number of hydrogen-bond donors (Lipinski definition) is 6. The molecule has 0 spiro atoms. The molecule has 0 fully saturated rings. The number of anilines is 2. The molecule has 13 heteroatoms. The van der Waals surface area contributed by atoms with Crippen LogP contribution < -0.4 is 32.6 Å². The number of nitrogens with zero attached hydrogens (tertiary/aromatic N) is 3. The van der Waals surface area contributed by atoms with Crippen LogP contribution in [0.25, 0.3) is 11.2 Å². The third-order valence-electron chi connectivity index (χ3n) is 5.51. The van der Waals surface area contributed by atoms with Gasteiger partial charge < -0.3 is 27.0 Å². The van der Waals surface area contributed by atoms with E-state index in [9.17, 15) is 19.2 Å². The van der Waals surface area contributed by atoms with E-state index in [1.54, 1.807) is 24.3 Å². The number of nitrogens with two attached hydrogens (primary N) is 1. The molecule has 0 saturated heterocycles. The largest absolute Gasteiger partial charge is 0.379 e. The minimum atomic E-state index is -0.835. The SMILES string of the molecule is CC.CC.CCCNC(=O)CCC(NC(=O)c1ccc(NCc2cnc3nc(N)[nH]c(=O)c3n2)cc1)C(=O)NCCC. The first-order valence-electron chi connectivity index (χ1n) is 14.5. The zero-order chi connectivity index (χ0) is 31.5. The lowest BCUT2D eigenvalue weighted by Crippen LogP contribution is -2.47. The molecule has 42 heavy (non-hydrogen) atoms. The summed E-state index contributed by atoms with van der Waals surface area (Å²) < 4.78 is 0. The summed E-state index contributed by atoms with van der Waals surface area (Å²) in [6.07, 6.45) is 3.38. The average molecular weight is 584 g/mol. The Morgan fingerprint density at radius 1 is 0.952 bits per heavy atom. The lowest BCUT2D eigenvalue weighted by molar-refractivity contribution is -0.124. The van der Waals surface area contributed by atoms with Gasteiger partial charge in [-0.05, 0) is 43.5 Å². The van der Waals surface area contributed by atoms with Gasteiger partial charge in [0.2, 0.25) is 17.8 Å². The van der Waals surface area contributed by atoms with Crippen LogP contribution in [0.15, 0.2) is 35.3 Å². The summed E-state index contributed by atoms with van der Waals surface area (Å²) in [6, 6.07) is 5.83. The number of fused-ring (bicyclic) bond motifs is 1. The Morgan fingerprint density at radius 2 is 1.60 bits per heavy atom. The second-order valence-electron chi connectivity index (χ2n) is 8.62. The molecule has 13 nitrogen and oxygen atoms in total. The molecule has 2 aromatic heterocycles. The highest BCUT2D eigenvalue weighted by molar-refractivity contribution is 5.98. The fourth-order valence-electron chi connectivity index (χ4n) is 3.50. The molecule has 3 aromatic rings. The van der Waals surface area contributed by atoms with E-state index in [0.717, 1.165) is 12.8 Å².